The first-order valence-corrected chi connectivity index (χ1v) is 23.3. The highest BCUT2D eigenvalue weighted by Crippen LogP contribution is 2.46. The Morgan fingerprint density at radius 1 is 0.536 bits per heavy atom. The maximum atomic E-state index is 12.6. The molecule has 30 heteroatoms. The Hall–Kier alpha value is -4.60. The fourth-order valence-corrected chi connectivity index (χ4v) is 8.84. The number of anilines is 1. The molecule has 0 aliphatic rings. The first-order valence-electron chi connectivity index (χ1n) is 14.4. The molecule has 0 heterocycles. The van der Waals surface area contributed by atoms with Crippen LogP contribution in [-0.2, 0) is 69.1 Å². The molecule has 0 fully saturated rings. The van der Waals surface area contributed by atoms with Gasteiger partial charge < -0.3 is 10.8 Å². The van der Waals surface area contributed by atoms with Crippen LogP contribution in [0.15, 0.2) is 101 Å². The van der Waals surface area contributed by atoms with E-state index in [1.807, 2.05) is 0 Å². The van der Waals surface area contributed by atoms with Crippen LogP contribution in [-0.4, -0.2) is 98.5 Å². The summed E-state index contributed by atoms with van der Waals surface area (Å²) in [7, 11) is -29.2. The molecular formula is C26H25N5O19S6. The predicted octanol–water partition coefficient (Wildman–Crippen LogP) is 2.64. The van der Waals surface area contributed by atoms with Crippen molar-refractivity contribution in [3.8, 4) is 5.75 Å². The van der Waals surface area contributed by atoms with E-state index in [0.717, 1.165) is 30.3 Å². The van der Waals surface area contributed by atoms with E-state index in [1.54, 1.807) is 0 Å². The molecule has 0 spiro atoms. The van der Waals surface area contributed by atoms with Crippen LogP contribution in [0, 0.1) is 0 Å². The van der Waals surface area contributed by atoms with E-state index in [4.69, 9.17) is 14.8 Å². The lowest BCUT2D eigenvalue weighted by Gasteiger charge is -2.12. The summed E-state index contributed by atoms with van der Waals surface area (Å²) < 4.78 is 187. The van der Waals surface area contributed by atoms with Gasteiger partial charge >= 0.3 is 20.8 Å². The Balaban J connectivity index is 1.75. The second-order valence-corrected chi connectivity index (χ2v) is 20.0. The zero-order valence-corrected chi connectivity index (χ0v) is 32.3. The average Bonchev–Trinajstić information content (AvgIpc) is 3.05. The van der Waals surface area contributed by atoms with E-state index in [2.05, 4.69) is 28.8 Å². The summed E-state index contributed by atoms with van der Waals surface area (Å²) in [5.74, 6) is -2.92. The van der Waals surface area contributed by atoms with Gasteiger partial charge in [-0.2, -0.15) is 38.8 Å². The third-order valence-electron chi connectivity index (χ3n) is 6.97. The normalized spacial score (nSPS) is 13.6. The molecule has 0 aliphatic carbocycles. The topological polar surface area (TPSA) is 400 Å². The van der Waals surface area contributed by atoms with Crippen LogP contribution in [0.4, 0.5) is 28.4 Å². The van der Waals surface area contributed by atoms with Crippen molar-refractivity contribution >= 4 is 99.9 Å². The van der Waals surface area contributed by atoms with Gasteiger partial charge in [-0.15, -0.1) is 15.3 Å². The van der Waals surface area contributed by atoms with Crippen LogP contribution >= 0.6 is 0 Å². The van der Waals surface area contributed by atoms with Crippen LogP contribution in [0.2, 0.25) is 0 Å². The first kappa shape index (κ1) is 44.1. The van der Waals surface area contributed by atoms with Gasteiger partial charge in [0, 0.05) is 10.8 Å². The van der Waals surface area contributed by atoms with Crippen LogP contribution in [0.5, 0.6) is 5.75 Å². The van der Waals surface area contributed by atoms with Gasteiger partial charge in [-0.1, -0.05) is 0 Å². The minimum atomic E-state index is -5.33. The van der Waals surface area contributed by atoms with Crippen LogP contribution in [0.25, 0.3) is 10.8 Å². The Kier molecular flexibility index (Phi) is 12.7. The SMILES string of the molecule is Nc1ccc2c(O)c(/N=N/c3ccc(S(=O)(=O)CCOS(=O)(=O)O)cc3S(=O)(=O)O)c(S(=O)(=O)O)cc2c1/N=N/c1ccc(S(=O)(=O)CCOS(=O)(=O)O)cc1. The van der Waals surface area contributed by atoms with Crippen LogP contribution < -0.4 is 5.73 Å². The minimum absolute atomic E-state index is 0.000851. The standard InChI is InChI=1S/C26H25N5O19S6/c27-20-7-6-18-19(24(20)30-28-15-1-3-16(4-2-15)51(33,34)11-9-49-55(43,44)45)14-23(54(40,41)42)25(26(18)32)31-29-21-8-5-17(13-22(21)53(37,38)39)52(35,36)12-10-50-56(46,47)48/h1-8,13-14,32H,9-12,27H2,(H,37,38,39)(H,40,41,42)(H,43,44,45)(H,46,47,48)/b30-28+,31-29+. The number of nitrogens with two attached hydrogens (primary N) is 1. The molecule has 4 aromatic carbocycles. The van der Waals surface area contributed by atoms with Crippen molar-refractivity contribution in [1.29, 1.82) is 0 Å². The van der Waals surface area contributed by atoms with Crippen LogP contribution in [0.3, 0.4) is 0 Å². The number of phenolic OH excluding ortho intramolecular Hbond substituents is 1. The molecule has 7 N–H and O–H groups in total. The smallest absolute Gasteiger partial charge is 0.397 e. The van der Waals surface area contributed by atoms with Crippen molar-refractivity contribution in [3.63, 3.8) is 0 Å². The number of nitrogen functional groups attached to an aromatic ring is 1. The summed E-state index contributed by atoms with van der Waals surface area (Å²) in [6, 6.07) is 9.39. The lowest BCUT2D eigenvalue weighted by molar-refractivity contribution is 0.282. The molecule has 0 bridgehead atoms. The lowest BCUT2D eigenvalue weighted by atomic mass is 10.1. The molecule has 0 unspecified atom stereocenters. The highest BCUT2D eigenvalue weighted by atomic mass is 32.3. The molecule has 304 valence electrons. The minimum Gasteiger partial charge on any atom is -0.505 e. The number of hydrogen-bond donors (Lipinski definition) is 6. The molecule has 0 aromatic heterocycles. The highest BCUT2D eigenvalue weighted by Gasteiger charge is 2.26. The molecule has 4 rings (SSSR count). The van der Waals surface area contributed by atoms with Gasteiger partial charge in [-0.05, 0) is 60.7 Å². The lowest BCUT2D eigenvalue weighted by Crippen LogP contribution is -2.16. The van der Waals surface area contributed by atoms with Crippen LogP contribution in [0.1, 0.15) is 0 Å². The number of aromatic hydroxyl groups is 1. The number of azo groups is 2. The number of nitrogens with zero attached hydrogens (tertiary/aromatic N) is 4. The molecule has 0 saturated heterocycles. The Morgan fingerprint density at radius 2 is 1.04 bits per heavy atom. The Bertz CT molecular complexity index is 2950. The van der Waals surface area contributed by atoms with Gasteiger partial charge in [0.25, 0.3) is 20.2 Å². The third kappa shape index (κ3) is 11.3. The molecule has 0 atom stereocenters. The van der Waals surface area contributed by atoms with Crippen molar-refractivity contribution in [2.24, 2.45) is 20.5 Å². The first-order chi connectivity index (χ1) is 25.6. The van der Waals surface area contributed by atoms with Gasteiger partial charge in [-0.25, -0.2) is 25.2 Å². The van der Waals surface area contributed by atoms with Crippen molar-refractivity contribution in [1.82, 2.24) is 0 Å². The monoisotopic (exact) mass is 903 g/mol. The molecule has 0 saturated carbocycles. The maximum absolute atomic E-state index is 12.6. The Morgan fingerprint density at radius 3 is 1.55 bits per heavy atom. The van der Waals surface area contributed by atoms with Crippen molar-refractivity contribution < 1.29 is 82.2 Å². The van der Waals surface area contributed by atoms with E-state index >= 15 is 0 Å². The highest BCUT2D eigenvalue weighted by molar-refractivity contribution is 7.92. The number of rotatable bonds is 16. The van der Waals surface area contributed by atoms with Crippen molar-refractivity contribution in [3.05, 3.63) is 60.7 Å². The predicted molar refractivity (Wildman–Crippen MR) is 190 cm³/mol. The number of fused-ring (bicyclic) bond motifs is 1. The number of hydrogen-bond acceptors (Lipinski definition) is 20. The molecule has 0 radical (unpaired) electrons. The van der Waals surface area contributed by atoms with E-state index in [1.165, 1.54) is 18.2 Å². The van der Waals surface area contributed by atoms with Gasteiger partial charge in [-0.3, -0.25) is 18.2 Å². The zero-order chi connectivity index (χ0) is 42.1. The molecule has 0 aliphatic heterocycles. The average molecular weight is 904 g/mol. The Labute approximate surface area is 317 Å². The molecule has 4 aromatic rings. The van der Waals surface area contributed by atoms with E-state index in [-0.39, 0.29) is 32.7 Å². The van der Waals surface area contributed by atoms with E-state index < -0.39 is 117 Å². The summed E-state index contributed by atoms with van der Waals surface area (Å²) in [4.78, 5) is -3.46. The van der Waals surface area contributed by atoms with Gasteiger partial charge in [0.05, 0.1) is 45.9 Å². The summed E-state index contributed by atoms with van der Waals surface area (Å²) in [6.07, 6.45) is 0. The van der Waals surface area contributed by atoms with Crippen molar-refractivity contribution in [2.45, 2.75) is 19.6 Å². The molecule has 56 heavy (non-hydrogen) atoms. The summed E-state index contributed by atoms with van der Waals surface area (Å²) >= 11 is 0. The van der Waals surface area contributed by atoms with Gasteiger partial charge in [0.2, 0.25) is 0 Å². The van der Waals surface area contributed by atoms with Crippen molar-refractivity contribution in [2.75, 3.05) is 30.5 Å². The summed E-state index contributed by atoms with van der Waals surface area (Å²) in [5.41, 5.74) is 3.76. The second-order valence-electron chi connectivity index (χ2n) is 10.8. The zero-order valence-electron chi connectivity index (χ0n) is 27.4. The van der Waals surface area contributed by atoms with Gasteiger partial charge in [0.1, 0.15) is 26.9 Å². The second kappa shape index (κ2) is 16.1. The van der Waals surface area contributed by atoms with E-state index in [9.17, 15) is 64.7 Å². The van der Waals surface area contributed by atoms with E-state index in [0.29, 0.717) is 12.1 Å². The quantitative estimate of drug-likeness (QED) is 0.0534. The molecule has 24 nitrogen and oxygen atoms in total. The van der Waals surface area contributed by atoms with Gasteiger partial charge in [0.15, 0.2) is 25.4 Å². The number of phenols is 1. The summed E-state index contributed by atoms with van der Waals surface area (Å²) in [5, 5.41) is 25.6. The summed E-state index contributed by atoms with van der Waals surface area (Å²) in [6.45, 7) is -1.96. The largest absolute Gasteiger partial charge is 0.505 e. The molecule has 0 amide bonds. The third-order valence-corrected chi connectivity index (χ3v) is 13.0. The maximum Gasteiger partial charge on any atom is 0.397 e. The fourth-order valence-electron chi connectivity index (χ4n) is 4.47. The number of sulfone groups is 2. The number of benzene rings is 4. The molecular weight excluding hydrogens is 879 g/mol. The fraction of sp³-hybridized carbons (Fsp3) is 0.154.